The van der Waals surface area contributed by atoms with Gasteiger partial charge in [0.05, 0.1) is 0 Å². The summed E-state index contributed by atoms with van der Waals surface area (Å²) in [4.78, 5) is 18.9. The number of hydrogen-bond donors (Lipinski definition) is 0. The van der Waals surface area contributed by atoms with Crippen LogP contribution in [-0.4, -0.2) is 19.9 Å². The monoisotopic (exact) mass is 608 g/mol. The topological polar surface area (TPSA) is 70.0 Å². The summed E-state index contributed by atoms with van der Waals surface area (Å²) in [6.45, 7) is 4.53. The maximum absolute atomic E-state index is 6.58. The average Bonchev–Trinajstić information content (AvgIpc) is 3.37. The van der Waals surface area contributed by atoms with E-state index in [-0.39, 0.29) is 5.41 Å². The molecule has 47 heavy (non-hydrogen) atoms. The zero-order chi connectivity index (χ0) is 31.5. The van der Waals surface area contributed by atoms with Gasteiger partial charge in [-0.3, -0.25) is 4.98 Å². The molecule has 0 radical (unpaired) electrons. The summed E-state index contributed by atoms with van der Waals surface area (Å²) in [5, 5.41) is 0. The minimum absolute atomic E-state index is 0.106. The van der Waals surface area contributed by atoms with Gasteiger partial charge in [-0.1, -0.05) is 111 Å². The highest BCUT2D eigenvalue weighted by molar-refractivity contribution is 5.88. The van der Waals surface area contributed by atoms with E-state index in [1.54, 1.807) is 6.20 Å². The molecule has 224 valence electrons. The van der Waals surface area contributed by atoms with Gasteiger partial charge in [0.25, 0.3) is 0 Å². The minimum atomic E-state index is -0.106. The van der Waals surface area contributed by atoms with Crippen LogP contribution in [0.2, 0.25) is 0 Å². The van der Waals surface area contributed by atoms with Crippen molar-refractivity contribution >= 4 is 0 Å². The van der Waals surface area contributed by atoms with Gasteiger partial charge in [-0.25, -0.2) is 15.0 Å². The first-order valence-corrected chi connectivity index (χ1v) is 15.6. The smallest absolute Gasteiger partial charge is 0.182 e. The van der Waals surface area contributed by atoms with E-state index in [0.717, 1.165) is 39.3 Å². The number of benzene rings is 5. The highest BCUT2D eigenvalue weighted by Gasteiger charge is 2.39. The molecule has 0 atom stereocenters. The van der Waals surface area contributed by atoms with E-state index in [0.29, 0.717) is 34.7 Å². The Kier molecular flexibility index (Phi) is 6.05. The molecule has 6 nitrogen and oxygen atoms in total. The Balaban J connectivity index is 1.04. The van der Waals surface area contributed by atoms with Crippen molar-refractivity contribution in [2.24, 2.45) is 0 Å². The van der Waals surface area contributed by atoms with Crippen LogP contribution in [-0.2, 0) is 5.41 Å². The number of aromatic nitrogens is 4. The van der Waals surface area contributed by atoms with Crippen molar-refractivity contribution in [3.8, 4) is 79.5 Å². The maximum atomic E-state index is 6.58. The van der Waals surface area contributed by atoms with E-state index in [9.17, 15) is 0 Å². The SMILES string of the molecule is CC1(C)c2ccccc2-c2c1ccc1c2Oc2ccc(-c3ccc(-c4nc(-c5ccccc5)nc(-c5ccccn5)n4)cc3)cc2O1. The van der Waals surface area contributed by atoms with Crippen molar-refractivity contribution in [2.75, 3.05) is 0 Å². The van der Waals surface area contributed by atoms with Crippen LogP contribution in [0.15, 0.2) is 134 Å². The Labute approximate surface area is 272 Å². The largest absolute Gasteiger partial charge is 0.449 e. The molecule has 1 aliphatic carbocycles. The average molecular weight is 609 g/mol. The van der Waals surface area contributed by atoms with Gasteiger partial charge in [0.15, 0.2) is 40.5 Å². The predicted molar refractivity (Wildman–Crippen MR) is 184 cm³/mol. The lowest BCUT2D eigenvalue weighted by Gasteiger charge is -2.25. The van der Waals surface area contributed by atoms with Gasteiger partial charge in [-0.2, -0.15) is 0 Å². The fourth-order valence-corrected chi connectivity index (χ4v) is 6.65. The normalized spacial score (nSPS) is 13.4. The van der Waals surface area contributed by atoms with Crippen LogP contribution < -0.4 is 9.47 Å². The van der Waals surface area contributed by atoms with Crippen LogP contribution in [0.5, 0.6) is 23.0 Å². The highest BCUT2D eigenvalue weighted by Crippen LogP contribution is 2.58. The summed E-state index contributed by atoms with van der Waals surface area (Å²) in [6.07, 6.45) is 1.74. The van der Waals surface area contributed by atoms with Gasteiger partial charge in [-0.05, 0) is 58.1 Å². The Hall–Kier alpha value is -6.14. The van der Waals surface area contributed by atoms with Crippen LogP contribution in [0.1, 0.15) is 25.0 Å². The van der Waals surface area contributed by atoms with E-state index in [1.807, 2.05) is 78.9 Å². The molecule has 0 saturated heterocycles. The van der Waals surface area contributed by atoms with Crippen LogP contribution in [0.4, 0.5) is 0 Å². The van der Waals surface area contributed by atoms with Gasteiger partial charge in [0.1, 0.15) is 5.69 Å². The quantitative estimate of drug-likeness (QED) is 0.198. The number of ether oxygens (including phenoxy) is 2. The molecular formula is C41H28N4O2. The van der Waals surface area contributed by atoms with Gasteiger partial charge in [0.2, 0.25) is 0 Å². The van der Waals surface area contributed by atoms with E-state index in [4.69, 9.17) is 24.4 Å². The van der Waals surface area contributed by atoms with Crippen molar-refractivity contribution in [3.05, 3.63) is 145 Å². The first-order chi connectivity index (χ1) is 23.0. The third-order valence-electron chi connectivity index (χ3n) is 9.08. The fourth-order valence-electron chi connectivity index (χ4n) is 6.65. The molecule has 6 heteroatoms. The number of hydrogen-bond acceptors (Lipinski definition) is 6. The Bertz CT molecular complexity index is 2260. The van der Waals surface area contributed by atoms with Gasteiger partial charge < -0.3 is 9.47 Å². The second kappa shape index (κ2) is 10.5. The van der Waals surface area contributed by atoms with Crippen LogP contribution >= 0.6 is 0 Å². The number of pyridine rings is 1. The molecule has 2 aromatic heterocycles. The molecule has 0 amide bonds. The van der Waals surface area contributed by atoms with E-state index >= 15 is 0 Å². The molecule has 0 N–H and O–H groups in total. The molecule has 0 unspecified atom stereocenters. The van der Waals surface area contributed by atoms with E-state index < -0.39 is 0 Å². The zero-order valence-corrected chi connectivity index (χ0v) is 25.8. The third kappa shape index (κ3) is 4.49. The van der Waals surface area contributed by atoms with Crippen molar-refractivity contribution in [3.63, 3.8) is 0 Å². The molecule has 5 aromatic carbocycles. The van der Waals surface area contributed by atoms with Crippen molar-refractivity contribution in [1.29, 1.82) is 0 Å². The van der Waals surface area contributed by atoms with Gasteiger partial charge in [-0.15, -0.1) is 0 Å². The summed E-state index contributed by atoms with van der Waals surface area (Å²) < 4.78 is 13.1. The number of nitrogens with zero attached hydrogens (tertiary/aromatic N) is 4. The summed E-state index contributed by atoms with van der Waals surface area (Å²) in [7, 11) is 0. The lowest BCUT2D eigenvalue weighted by Crippen LogP contribution is -2.15. The number of rotatable bonds is 4. The summed E-state index contributed by atoms with van der Waals surface area (Å²) in [5.74, 6) is 4.62. The summed E-state index contributed by atoms with van der Waals surface area (Å²) in [5.41, 5.74) is 9.33. The Morgan fingerprint density at radius 1 is 0.489 bits per heavy atom. The molecule has 0 saturated carbocycles. The van der Waals surface area contributed by atoms with E-state index in [1.165, 1.54) is 16.7 Å². The Morgan fingerprint density at radius 2 is 1.15 bits per heavy atom. The molecule has 0 bridgehead atoms. The fraction of sp³-hybridized carbons (Fsp3) is 0.0732. The number of fused-ring (bicyclic) bond motifs is 6. The van der Waals surface area contributed by atoms with Gasteiger partial charge >= 0.3 is 0 Å². The first-order valence-electron chi connectivity index (χ1n) is 15.6. The predicted octanol–water partition coefficient (Wildman–Crippen LogP) is 10.1. The molecule has 3 heterocycles. The minimum Gasteiger partial charge on any atom is -0.449 e. The standard InChI is InChI=1S/C41H28N4O2/c1-41(2)30-13-7-6-12-29(30)36-31(41)20-22-34-37(36)47-33-21-19-28(24-35(33)46-34)25-15-17-27(18-16-25)39-43-38(26-10-4-3-5-11-26)44-40(45-39)32-14-8-9-23-42-32/h3-24H,1-2H3. The van der Waals surface area contributed by atoms with Crippen molar-refractivity contribution in [1.82, 2.24) is 19.9 Å². The molecule has 9 rings (SSSR count). The van der Waals surface area contributed by atoms with Gasteiger partial charge in [0, 0.05) is 28.3 Å². The second-order valence-corrected chi connectivity index (χ2v) is 12.3. The zero-order valence-electron chi connectivity index (χ0n) is 25.8. The molecule has 0 fully saturated rings. The Morgan fingerprint density at radius 3 is 1.94 bits per heavy atom. The van der Waals surface area contributed by atoms with Crippen LogP contribution in [0.3, 0.4) is 0 Å². The van der Waals surface area contributed by atoms with Crippen molar-refractivity contribution in [2.45, 2.75) is 19.3 Å². The molecule has 0 spiro atoms. The molecule has 1 aliphatic heterocycles. The van der Waals surface area contributed by atoms with Crippen molar-refractivity contribution < 1.29 is 9.47 Å². The molecule has 2 aliphatic rings. The first kappa shape index (κ1) is 27.2. The van der Waals surface area contributed by atoms with Crippen LogP contribution in [0, 0.1) is 0 Å². The lowest BCUT2D eigenvalue weighted by atomic mass is 9.82. The highest BCUT2D eigenvalue weighted by atomic mass is 16.6. The lowest BCUT2D eigenvalue weighted by molar-refractivity contribution is 0.360. The second-order valence-electron chi connectivity index (χ2n) is 12.3. The summed E-state index contributed by atoms with van der Waals surface area (Å²) in [6, 6.07) is 42.7. The maximum Gasteiger partial charge on any atom is 0.182 e. The third-order valence-corrected chi connectivity index (χ3v) is 9.08. The van der Waals surface area contributed by atoms with E-state index in [2.05, 4.69) is 67.4 Å². The van der Waals surface area contributed by atoms with Crippen LogP contribution in [0.25, 0.3) is 56.5 Å². The molecule has 7 aromatic rings. The summed E-state index contributed by atoms with van der Waals surface area (Å²) >= 11 is 0. The molecular weight excluding hydrogens is 580 g/mol.